The molecule has 0 fully saturated rings. The van der Waals surface area contributed by atoms with Gasteiger partial charge in [0, 0.05) is 12.2 Å². The van der Waals surface area contributed by atoms with Gasteiger partial charge >= 0.3 is 6.09 Å². The van der Waals surface area contributed by atoms with Crippen LogP contribution in [-0.4, -0.2) is 18.2 Å². The SMILES string of the molecule is CC(C)(C)OC(=O)NCCc1cccc(-c2ccc(N)cc2)c1. The predicted octanol–water partition coefficient (Wildman–Crippen LogP) is 4.00. The van der Waals surface area contributed by atoms with Crippen molar-refractivity contribution in [3.8, 4) is 11.1 Å². The Kier molecular flexibility index (Phi) is 5.27. The van der Waals surface area contributed by atoms with Crippen LogP contribution in [0, 0.1) is 0 Å². The Morgan fingerprint density at radius 3 is 2.43 bits per heavy atom. The van der Waals surface area contributed by atoms with E-state index in [1.54, 1.807) is 0 Å². The molecule has 0 aromatic heterocycles. The molecule has 3 N–H and O–H groups in total. The fourth-order valence-corrected chi connectivity index (χ4v) is 2.21. The van der Waals surface area contributed by atoms with Crippen LogP contribution in [0.5, 0.6) is 0 Å². The van der Waals surface area contributed by atoms with Crippen LogP contribution >= 0.6 is 0 Å². The van der Waals surface area contributed by atoms with Gasteiger partial charge in [0.15, 0.2) is 0 Å². The van der Waals surface area contributed by atoms with Crippen LogP contribution < -0.4 is 11.1 Å². The van der Waals surface area contributed by atoms with Gasteiger partial charge in [-0.1, -0.05) is 36.4 Å². The van der Waals surface area contributed by atoms with Gasteiger partial charge in [-0.25, -0.2) is 4.79 Å². The van der Waals surface area contributed by atoms with E-state index in [1.165, 1.54) is 0 Å². The highest BCUT2D eigenvalue weighted by molar-refractivity contribution is 5.68. The Morgan fingerprint density at radius 2 is 1.78 bits per heavy atom. The van der Waals surface area contributed by atoms with Crippen molar-refractivity contribution in [2.24, 2.45) is 0 Å². The Balaban J connectivity index is 1.93. The van der Waals surface area contributed by atoms with Crippen LogP contribution in [0.25, 0.3) is 11.1 Å². The predicted molar refractivity (Wildman–Crippen MR) is 94.2 cm³/mol. The molecule has 0 spiro atoms. The third-order valence-corrected chi connectivity index (χ3v) is 3.25. The molecule has 0 aliphatic rings. The molecule has 2 aromatic rings. The second-order valence-corrected chi connectivity index (χ2v) is 6.50. The topological polar surface area (TPSA) is 64.3 Å². The molecule has 0 aliphatic heterocycles. The van der Waals surface area contributed by atoms with Crippen LogP contribution in [-0.2, 0) is 11.2 Å². The van der Waals surface area contributed by atoms with Crippen molar-refractivity contribution in [1.29, 1.82) is 0 Å². The third-order valence-electron chi connectivity index (χ3n) is 3.25. The summed E-state index contributed by atoms with van der Waals surface area (Å²) >= 11 is 0. The highest BCUT2D eigenvalue weighted by Gasteiger charge is 2.15. The maximum atomic E-state index is 11.6. The Bertz CT molecular complexity index is 658. The van der Waals surface area contributed by atoms with Gasteiger partial charge in [-0.05, 0) is 56.0 Å². The number of carbonyl (C=O) groups is 1. The second kappa shape index (κ2) is 7.18. The lowest BCUT2D eigenvalue weighted by Crippen LogP contribution is -2.33. The number of nitrogen functional groups attached to an aromatic ring is 1. The quantitative estimate of drug-likeness (QED) is 0.839. The number of nitrogens with one attached hydrogen (secondary N) is 1. The summed E-state index contributed by atoms with van der Waals surface area (Å²) in [6.07, 6.45) is 0.370. The third kappa shape index (κ3) is 5.66. The first-order chi connectivity index (χ1) is 10.8. The summed E-state index contributed by atoms with van der Waals surface area (Å²) in [5.41, 5.74) is 9.43. The number of ether oxygens (including phenoxy) is 1. The molecule has 4 nitrogen and oxygen atoms in total. The molecular formula is C19H24N2O2. The Morgan fingerprint density at radius 1 is 1.09 bits per heavy atom. The van der Waals surface area contributed by atoms with E-state index < -0.39 is 5.60 Å². The average molecular weight is 312 g/mol. The van der Waals surface area contributed by atoms with E-state index in [-0.39, 0.29) is 6.09 Å². The summed E-state index contributed by atoms with van der Waals surface area (Å²) in [4.78, 5) is 11.6. The number of hydrogen-bond acceptors (Lipinski definition) is 3. The van der Waals surface area contributed by atoms with Crippen LogP contribution in [0.2, 0.25) is 0 Å². The molecule has 0 heterocycles. The number of nitrogens with two attached hydrogens (primary N) is 1. The minimum atomic E-state index is -0.473. The smallest absolute Gasteiger partial charge is 0.407 e. The molecule has 0 saturated heterocycles. The normalized spacial score (nSPS) is 11.1. The zero-order chi connectivity index (χ0) is 16.9. The van der Waals surface area contributed by atoms with Crippen molar-refractivity contribution in [2.75, 3.05) is 12.3 Å². The van der Waals surface area contributed by atoms with E-state index in [9.17, 15) is 4.79 Å². The largest absolute Gasteiger partial charge is 0.444 e. The lowest BCUT2D eigenvalue weighted by Gasteiger charge is -2.19. The van der Waals surface area contributed by atoms with E-state index in [1.807, 2.05) is 51.1 Å². The molecule has 2 aromatic carbocycles. The molecule has 23 heavy (non-hydrogen) atoms. The van der Waals surface area contributed by atoms with E-state index in [0.717, 1.165) is 28.8 Å². The number of carbonyl (C=O) groups excluding carboxylic acids is 1. The van der Waals surface area contributed by atoms with Crippen molar-refractivity contribution in [2.45, 2.75) is 32.8 Å². The monoisotopic (exact) mass is 312 g/mol. The lowest BCUT2D eigenvalue weighted by molar-refractivity contribution is 0.0528. The summed E-state index contributed by atoms with van der Waals surface area (Å²) < 4.78 is 5.22. The summed E-state index contributed by atoms with van der Waals surface area (Å²) in [5, 5.41) is 2.78. The molecule has 1 amide bonds. The molecule has 0 atom stereocenters. The van der Waals surface area contributed by atoms with Crippen LogP contribution in [0.1, 0.15) is 26.3 Å². The number of alkyl carbamates (subject to hydrolysis) is 1. The van der Waals surface area contributed by atoms with Crippen molar-refractivity contribution in [3.63, 3.8) is 0 Å². The van der Waals surface area contributed by atoms with Gasteiger partial charge in [0.1, 0.15) is 5.60 Å². The fraction of sp³-hybridized carbons (Fsp3) is 0.316. The van der Waals surface area contributed by atoms with Crippen LogP contribution in [0.15, 0.2) is 48.5 Å². The van der Waals surface area contributed by atoms with Gasteiger partial charge in [0.25, 0.3) is 0 Å². The zero-order valence-electron chi connectivity index (χ0n) is 13.9. The number of hydrogen-bond donors (Lipinski definition) is 2. The molecule has 0 unspecified atom stereocenters. The molecule has 4 heteroatoms. The van der Waals surface area contributed by atoms with Crippen LogP contribution in [0.4, 0.5) is 10.5 Å². The van der Waals surface area contributed by atoms with Crippen molar-refractivity contribution >= 4 is 11.8 Å². The molecule has 0 radical (unpaired) electrons. The number of amides is 1. The minimum Gasteiger partial charge on any atom is -0.444 e. The Labute approximate surface area is 137 Å². The lowest BCUT2D eigenvalue weighted by atomic mass is 10.0. The van der Waals surface area contributed by atoms with Gasteiger partial charge in [0.2, 0.25) is 0 Å². The first-order valence-corrected chi connectivity index (χ1v) is 7.75. The number of anilines is 1. The fourth-order valence-electron chi connectivity index (χ4n) is 2.21. The summed E-state index contributed by atoms with van der Waals surface area (Å²) in [5.74, 6) is 0. The first-order valence-electron chi connectivity index (χ1n) is 7.75. The maximum absolute atomic E-state index is 11.6. The standard InChI is InChI=1S/C19H24N2O2/c1-19(2,3)23-18(22)21-12-11-14-5-4-6-16(13-14)15-7-9-17(20)10-8-15/h4-10,13H,11-12,20H2,1-3H3,(H,21,22). The van der Waals surface area contributed by atoms with E-state index in [0.29, 0.717) is 6.54 Å². The Hall–Kier alpha value is -2.49. The summed E-state index contributed by atoms with van der Waals surface area (Å²) in [6.45, 7) is 6.09. The van der Waals surface area contributed by atoms with Crippen LogP contribution in [0.3, 0.4) is 0 Å². The average Bonchev–Trinajstić information content (AvgIpc) is 2.46. The van der Waals surface area contributed by atoms with E-state index >= 15 is 0 Å². The highest BCUT2D eigenvalue weighted by Crippen LogP contribution is 2.21. The minimum absolute atomic E-state index is 0.382. The van der Waals surface area contributed by atoms with Gasteiger partial charge in [-0.3, -0.25) is 0 Å². The second-order valence-electron chi connectivity index (χ2n) is 6.50. The maximum Gasteiger partial charge on any atom is 0.407 e. The summed E-state index contributed by atoms with van der Waals surface area (Å²) in [6, 6.07) is 16.1. The zero-order valence-corrected chi connectivity index (χ0v) is 13.9. The molecule has 122 valence electrons. The molecular weight excluding hydrogens is 288 g/mol. The molecule has 0 aliphatic carbocycles. The highest BCUT2D eigenvalue weighted by atomic mass is 16.6. The van der Waals surface area contributed by atoms with Gasteiger partial charge in [-0.2, -0.15) is 0 Å². The van der Waals surface area contributed by atoms with Crippen molar-refractivity contribution in [1.82, 2.24) is 5.32 Å². The molecule has 2 rings (SSSR count). The van der Waals surface area contributed by atoms with Crippen molar-refractivity contribution < 1.29 is 9.53 Å². The van der Waals surface area contributed by atoms with E-state index in [2.05, 4.69) is 23.5 Å². The summed E-state index contributed by atoms with van der Waals surface area (Å²) in [7, 11) is 0. The van der Waals surface area contributed by atoms with Gasteiger partial charge in [0.05, 0.1) is 0 Å². The molecule has 0 bridgehead atoms. The number of benzene rings is 2. The molecule has 0 saturated carbocycles. The van der Waals surface area contributed by atoms with Gasteiger partial charge < -0.3 is 15.8 Å². The van der Waals surface area contributed by atoms with Gasteiger partial charge in [-0.15, -0.1) is 0 Å². The number of rotatable bonds is 4. The van der Waals surface area contributed by atoms with E-state index in [4.69, 9.17) is 10.5 Å². The van der Waals surface area contributed by atoms with Crippen molar-refractivity contribution in [3.05, 3.63) is 54.1 Å². The first kappa shape index (κ1) is 16.9.